The van der Waals surface area contributed by atoms with E-state index in [0.717, 1.165) is 15.6 Å². The summed E-state index contributed by atoms with van der Waals surface area (Å²) in [6.45, 7) is 0.312. The zero-order valence-electron chi connectivity index (χ0n) is 10.9. The third-order valence-corrected chi connectivity index (χ3v) is 3.58. The number of nitrogens with zero attached hydrogens (tertiary/aromatic N) is 1. The molecule has 0 spiro atoms. The highest BCUT2D eigenvalue weighted by Gasteiger charge is 2.17. The number of aromatic nitrogens is 1. The van der Waals surface area contributed by atoms with Crippen LogP contribution in [0.3, 0.4) is 0 Å². The lowest BCUT2D eigenvalue weighted by molar-refractivity contribution is 0.299. The molecular formula is C15H11BrN2O2S. The molecule has 106 valence electrons. The number of furan rings is 1. The maximum atomic E-state index is 5.84. The van der Waals surface area contributed by atoms with Gasteiger partial charge in [-0.25, -0.2) is 0 Å². The van der Waals surface area contributed by atoms with Gasteiger partial charge in [0, 0.05) is 10.7 Å². The fourth-order valence-corrected chi connectivity index (χ4v) is 2.33. The van der Waals surface area contributed by atoms with Gasteiger partial charge in [0.25, 0.3) is 0 Å². The van der Waals surface area contributed by atoms with E-state index in [2.05, 4.69) is 20.9 Å². The predicted molar refractivity (Wildman–Crippen MR) is 88.4 cm³/mol. The van der Waals surface area contributed by atoms with E-state index in [9.17, 15) is 0 Å². The molecule has 1 aromatic carbocycles. The molecule has 0 radical (unpaired) electrons. The number of hydrogen-bond donors (Lipinski definition) is 1. The number of halogens is 1. The number of benzene rings is 1. The van der Waals surface area contributed by atoms with Crippen LogP contribution in [0.2, 0.25) is 0 Å². The quantitative estimate of drug-likeness (QED) is 0.715. The number of rotatable bonds is 4. The third-order valence-electron chi connectivity index (χ3n) is 2.93. The van der Waals surface area contributed by atoms with Gasteiger partial charge in [-0.05, 0) is 40.2 Å². The fourth-order valence-electron chi connectivity index (χ4n) is 1.97. The lowest BCUT2D eigenvalue weighted by Crippen LogP contribution is -2.10. The molecule has 0 aliphatic rings. The molecule has 0 unspecified atom stereocenters. The number of fused-ring (bicyclic) bond motifs is 1. The van der Waals surface area contributed by atoms with Gasteiger partial charge in [-0.2, -0.15) is 0 Å². The summed E-state index contributed by atoms with van der Waals surface area (Å²) in [6, 6.07) is 11.3. The first kappa shape index (κ1) is 14.0. The molecule has 0 aliphatic heterocycles. The highest BCUT2D eigenvalue weighted by molar-refractivity contribution is 9.10. The van der Waals surface area contributed by atoms with Gasteiger partial charge in [0.05, 0.1) is 11.1 Å². The van der Waals surface area contributed by atoms with E-state index >= 15 is 0 Å². The number of nitrogens with two attached hydrogens (primary N) is 1. The van der Waals surface area contributed by atoms with Crippen LogP contribution in [0.25, 0.3) is 11.0 Å². The molecule has 2 N–H and O–H groups in total. The first-order valence-electron chi connectivity index (χ1n) is 6.19. The Morgan fingerprint density at radius 1 is 1.29 bits per heavy atom. The van der Waals surface area contributed by atoms with Crippen LogP contribution in [0.15, 0.2) is 51.5 Å². The van der Waals surface area contributed by atoms with Crippen molar-refractivity contribution in [2.24, 2.45) is 5.73 Å². The van der Waals surface area contributed by atoms with Crippen LogP contribution in [-0.4, -0.2) is 9.97 Å². The molecular weight excluding hydrogens is 352 g/mol. The van der Waals surface area contributed by atoms with Crippen molar-refractivity contribution in [2.45, 2.75) is 6.61 Å². The summed E-state index contributed by atoms with van der Waals surface area (Å²) in [5, 5.41) is 0.845. The van der Waals surface area contributed by atoms with Crippen LogP contribution in [0, 0.1) is 0 Å². The lowest BCUT2D eigenvalue weighted by atomic mass is 10.2. The summed E-state index contributed by atoms with van der Waals surface area (Å²) in [5.74, 6) is 0.950. The van der Waals surface area contributed by atoms with E-state index in [-0.39, 0.29) is 4.99 Å². The Kier molecular flexibility index (Phi) is 3.90. The van der Waals surface area contributed by atoms with E-state index < -0.39 is 0 Å². The minimum atomic E-state index is 0.171. The Labute approximate surface area is 135 Å². The average molecular weight is 363 g/mol. The minimum Gasteiger partial charge on any atom is -0.482 e. The topological polar surface area (TPSA) is 61.3 Å². The van der Waals surface area contributed by atoms with Gasteiger partial charge < -0.3 is 14.9 Å². The van der Waals surface area contributed by atoms with E-state index in [1.54, 1.807) is 6.20 Å². The maximum Gasteiger partial charge on any atom is 0.204 e. The van der Waals surface area contributed by atoms with E-state index in [1.807, 2.05) is 36.4 Å². The van der Waals surface area contributed by atoms with Gasteiger partial charge >= 0.3 is 0 Å². The Morgan fingerprint density at radius 2 is 2.10 bits per heavy atom. The van der Waals surface area contributed by atoms with Crippen molar-refractivity contribution < 1.29 is 9.15 Å². The zero-order valence-corrected chi connectivity index (χ0v) is 13.3. The third kappa shape index (κ3) is 2.91. The van der Waals surface area contributed by atoms with Gasteiger partial charge in [-0.15, -0.1) is 0 Å². The van der Waals surface area contributed by atoms with Crippen molar-refractivity contribution in [3.8, 4) is 5.75 Å². The monoisotopic (exact) mass is 362 g/mol. The van der Waals surface area contributed by atoms with Crippen molar-refractivity contribution in [3.05, 3.63) is 58.5 Å². The van der Waals surface area contributed by atoms with Gasteiger partial charge in [0.2, 0.25) is 5.76 Å². The summed E-state index contributed by atoms with van der Waals surface area (Å²) in [7, 11) is 0. The summed E-state index contributed by atoms with van der Waals surface area (Å²) >= 11 is 8.37. The van der Waals surface area contributed by atoms with Crippen LogP contribution in [-0.2, 0) is 6.61 Å². The van der Waals surface area contributed by atoms with Crippen molar-refractivity contribution in [3.63, 3.8) is 0 Å². The molecule has 21 heavy (non-hydrogen) atoms. The Morgan fingerprint density at radius 3 is 2.81 bits per heavy atom. The minimum absolute atomic E-state index is 0.171. The first-order chi connectivity index (χ1) is 10.1. The molecule has 0 saturated carbocycles. The summed E-state index contributed by atoms with van der Waals surface area (Å²) < 4.78 is 12.4. The summed E-state index contributed by atoms with van der Waals surface area (Å²) in [6.07, 6.45) is 1.72. The van der Waals surface area contributed by atoms with Crippen LogP contribution >= 0.6 is 28.1 Å². The van der Waals surface area contributed by atoms with Crippen molar-refractivity contribution in [1.29, 1.82) is 0 Å². The molecule has 2 aromatic heterocycles. The number of ether oxygens (including phenoxy) is 1. The van der Waals surface area contributed by atoms with E-state index in [0.29, 0.717) is 23.7 Å². The molecule has 2 heterocycles. The van der Waals surface area contributed by atoms with Gasteiger partial charge in [0.15, 0.2) is 5.75 Å². The highest BCUT2D eigenvalue weighted by atomic mass is 79.9. The molecule has 0 fully saturated rings. The van der Waals surface area contributed by atoms with Crippen molar-refractivity contribution in [2.75, 3.05) is 0 Å². The van der Waals surface area contributed by atoms with Gasteiger partial charge in [-0.3, -0.25) is 4.98 Å². The normalized spacial score (nSPS) is 10.7. The standard InChI is InChI=1S/C15H11BrN2O2S/c16-9-5-6-10(18-7-9)8-19-13-11-3-1-2-4-12(11)20-14(13)15(17)21/h1-7H,8H2,(H2,17,21). The van der Waals surface area contributed by atoms with E-state index in [1.165, 1.54) is 0 Å². The molecule has 3 aromatic rings. The summed E-state index contributed by atoms with van der Waals surface area (Å²) in [5.41, 5.74) is 7.20. The lowest BCUT2D eigenvalue weighted by Gasteiger charge is -2.06. The van der Waals surface area contributed by atoms with E-state index in [4.69, 9.17) is 27.1 Å². The predicted octanol–water partition coefficient (Wildman–Crippen LogP) is 3.80. The summed E-state index contributed by atoms with van der Waals surface area (Å²) in [4.78, 5) is 4.44. The molecule has 4 nitrogen and oxygen atoms in total. The van der Waals surface area contributed by atoms with Crippen LogP contribution in [0.1, 0.15) is 11.5 Å². The number of pyridine rings is 1. The average Bonchev–Trinajstić information content (AvgIpc) is 2.86. The molecule has 0 bridgehead atoms. The Bertz CT molecular complexity index is 799. The van der Waals surface area contributed by atoms with Crippen molar-refractivity contribution in [1.82, 2.24) is 4.98 Å². The Hall–Kier alpha value is -1.92. The van der Waals surface area contributed by atoms with Crippen LogP contribution in [0.5, 0.6) is 5.75 Å². The molecule has 6 heteroatoms. The second-order valence-corrected chi connectivity index (χ2v) is 5.73. The van der Waals surface area contributed by atoms with Crippen LogP contribution in [0.4, 0.5) is 0 Å². The second kappa shape index (κ2) is 5.83. The SMILES string of the molecule is NC(=S)c1oc2ccccc2c1OCc1ccc(Br)cn1. The molecule has 3 rings (SSSR count). The van der Waals surface area contributed by atoms with Gasteiger partial charge in [0.1, 0.15) is 17.2 Å². The zero-order chi connectivity index (χ0) is 14.8. The smallest absolute Gasteiger partial charge is 0.204 e. The number of para-hydroxylation sites is 1. The second-order valence-electron chi connectivity index (χ2n) is 4.38. The number of thiocarbonyl (C=S) groups is 1. The maximum absolute atomic E-state index is 5.84. The molecule has 0 amide bonds. The largest absolute Gasteiger partial charge is 0.482 e. The highest BCUT2D eigenvalue weighted by Crippen LogP contribution is 2.33. The fraction of sp³-hybridized carbons (Fsp3) is 0.0667. The van der Waals surface area contributed by atoms with Crippen LogP contribution < -0.4 is 10.5 Å². The first-order valence-corrected chi connectivity index (χ1v) is 7.40. The molecule has 0 saturated heterocycles. The molecule has 0 aliphatic carbocycles. The molecule has 0 atom stereocenters. The van der Waals surface area contributed by atoms with Crippen molar-refractivity contribution >= 4 is 44.1 Å². The van der Waals surface area contributed by atoms with Gasteiger partial charge in [-0.1, -0.05) is 24.4 Å². The Balaban J connectivity index is 1.93. The number of hydrogen-bond acceptors (Lipinski definition) is 4.